The molecule has 2 unspecified atom stereocenters. The van der Waals surface area contributed by atoms with Gasteiger partial charge in [-0.1, -0.05) is 6.42 Å². The summed E-state index contributed by atoms with van der Waals surface area (Å²) >= 11 is 0. The molecular weight excluding hydrogens is 344 g/mol. The predicted octanol–water partition coefficient (Wildman–Crippen LogP) is 2.53. The van der Waals surface area contributed by atoms with Crippen LogP contribution in [0.3, 0.4) is 0 Å². The summed E-state index contributed by atoms with van der Waals surface area (Å²) in [5, 5.41) is 2.98. The van der Waals surface area contributed by atoms with E-state index in [0.29, 0.717) is 30.4 Å². The Balaban J connectivity index is 0.00000312. The molecule has 1 amide bonds. The van der Waals surface area contributed by atoms with E-state index in [1.807, 2.05) is 12.1 Å². The number of rotatable bonds is 8. The number of nitrogens with one attached hydrogen (secondary N) is 1. The number of methoxy groups -OCH3 is 2. The molecule has 2 rings (SSSR count). The molecule has 6 nitrogen and oxygen atoms in total. The molecule has 1 aliphatic rings. The molecule has 1 aliphatic carbocycles. The zero-order valence-corrected chi connectivity index (χ0v) is 15.8. The Morgan fingerprint density at radius 1 is 1.16 bits per heavy atom. The van der Waals surface area contributed by atoms with Crippen molar-refractivity contribution < 1.29 is 19.0 Å². The van der Waals surface area contributed by atoms with Gasteiger partial charge in [-0.3, -0.25) is 4.79 Å². The minimum absolute atomic E-state index is 0. The first kappa shape index (κ1) is 21.4. The summed E-state index contributed by atoms with van der Waals surface area (Å²) in [6, 6.07) is 5.58. The van der Waals surface area contributed by atoms with Crippen LogP contribution < -0.4 is 25.3 Å². The second-order valence-electron chi connectivity index (χ2n) is 6.17. The number of amides is 1. The van der Waals surface area contributed by atoms with E-state index in [2.05, 4.69) is 5.32 Å². The number of halogens is 1. The molecule has 7 heteroatoms. The maximum atomic E-state index is 12.1. The molecule has 0 saturated heterocycles. The SMILES string of the molecule is COc1cc(OC)cc(OCCCNC(=O)C2CCCC(N)C2)c1.Cl. The average molecular weight is 373 g/mol. The lowest BCUT2D eigenvalue weighted by Crippen LogP contribution is -2.38. The molecule has 1 fully saturated rings. The molecule has 0 aliphatic heterocycles. The number of ether oxygens (including phenoxy) is 3. The van der Waals surface area contributed by atoms with Gasteiger partial charge in [0.2, 0.25) is 5.91 Å². The first-order valence-electron chi connectivity index (χ1n) is 8.51. The van der Waals surface area contributed by atoms with E-state index in [4.69, 9.17) is 19.9 Å². The fourth-order valence-corrected chi connectivity index (χ4v) is 2.95. The number of nitrogens with two attached hydrogens (primary N) is 1. The Hall–Kier alpha value is -1.66. The molecule has 0 heterocycles. The van der Waals surface area contributed by atoms with Gasteiger partial charge in [-0.2, -0.15) is 0 Å². The van der Waals surface area contributed by atoms with Crippen molar-refractivity contribution in [1.82, 2.24) is 5.32 Å². The lowest BCUT2D eigenvalue weighted by atomic mass is 9.85. The summed E-state index contributed by atoms with van der Waals surface area (Å²) in [5.74, 6) is 2.25. The highest BCUT2D eigenvalue weighted by Gasteiger charge is 2.24. The first-order chi connectivity index (χ1) is 11.6. The summed E-state index contributed by atoms with van der Waals surface area (Å²) in [5.41, 5.74) is 5.93. The number of carbonyl (C=O) groups is 1. The maximum absolute atomic E-state index is 12.1. The van der Waals surface area contributed by atoms with Crippen molar-refractivity contribution in [2.75, 3.05) is 27.4 Å². The lowest BCUT2D eigenvalue weighted by molar-refractivity contribution is -0.126. The van der Waals surface area contributed by atoms with Crippen LogP contribution in [0.4, 0.5) is 0 Å². The molecule has 25 heavy (non-hydrogen) atoms. The average Bonchev–Trinajstić information content (AvgIpc) is 2.60. The second kappa shape index (κ2) is 11.1. The van der Waals surface area contributed by atoms with Crippen LogP contribution in [0.15, 0.2) is 18.2 Å². The smallest absolute Gasteiger partial charge is 0.223 e. The third-order valence-corrected chi connectivity index (χ3v) is 4.30. The Morgan fingerprint density at radius 3 is 2.40 bits per heavy atom. The highest BCUT2D eigenvalue weighted by Crippen LogP contribution is 2.27. The number of hydrogen-bond acceptors (Lipinski definition) is 5. The number of hydrogen-bond donors (Lipinski definition) is 2. The van der Waals surface area contributed by atoms with E-state index in [-0.39, 0.29) is 30.3 Å². The number of carbonyl (C=O) groups excluding carboxylic acids is 1. The minimum atomic E-state index is 0. The molecule has 142 valence electrons. The van der Waals surface area contributed by atoms with Crippen molar-refractivity contribution >= 4 is 18.3 Å². The fourth-order valence-electron chi connectivity index (χ4n) is 2.95. The van der Waals surface area contributed by atoms with Crippen molar-refractivity contribution in [2.45, 2.75) is 38.1 Å². The topological polar surface area (TPSA) is 82.8 Å². The van der Waals surface area contributed by atoms with Crippen LogP contribution in [0, 0.1) is 5.92 Å². The first-order valence-corrected chi connectivity index (χ1v) is 8.51. The van der Waals surface area contributed by atoms with Gasteiger partial charge in [-0.15, -0.1) is 12.4 Å². The van der Waals surface area contributed by atoms with Crippen molar-refractivity contribution in [3.05, 3.63) is 18.2 Å². The van der Waals surface area contributed by atoms with Crippen LogP contribution in [0.2, 0.25) is 0 Å². The van der Waals surface area contributed by atoms with E-state index < -0.39 is 0 Å². The summed E-state index contributed by atoms with van der Waals surface area (Å²) in [6.07, 6.45) is 4.55. The molecule has 0 aromatic heterocycles. The lowest BCUT2D eigenvalue weighted by Gasteiger charge is -2.25. The largest absolute Gasteiger partial charge is 0.496 e. The summed E-state index contributed by atoms with van der Waals surface area (Å²) in [7, 11) is 3.20. The molecule has 2 atom stereocenters. The van der Waals surface area contributed by atoms with Crippen molar-refractivity contribution in [3.63, 3.8) is 0 Å². The van der Waals surface area contributed by atoms with Gasteiger partial charge in [0, 0.05) is 36.7 Å². The van der Waals surface area contributed by atoms with Gasteiger partial charge in [0.1, 0.15) is 17.2 Å². The highest BCUT2D eigenvalue weighted by molar-refractivity contribution is 5.85. The summed E-state index contributed by atoms with van der Waals surface area (Å²) in [4.78, 5) is 12.1. The molecule has 0 bridgehead atoms. The van der Waals surface area contributed by atoms with Gasteiger partial charge < -0.3 is 25.3 Å². The second-order valence-corrected chi connectivity index (χ2v) is 6.17. The van der Waals surface area contributed by atoms with Gasteiger partial charge >= 0.3 is 0 Å². The maximum Gasteiger partial charge on any atom is 0.223 e. The van der Waals surface area contributed by atoms with Crippen LogP contribution in [-0.4, -0.2) is 39.3 Å². The third kappa shape index (κ3) is 7.00. The van der Waals surface area contributed by atoms with E-state index in [1.54, 1.807) is 20.3 Å². The van der Waals surface area contributed by atoms with Crippen LogP contribution >= 0.6 is 12.4 Å². The standard InChI is InChI=1S/C18H28N2O4.ClH/c1-22-15-10-16(23-2)12-17(11-15)24-8-4-7-20-18(21)13-5-3-6-14(19)9-13;/h10-14H,3-9,19H2,1-2H3,(H,20,21);1H. The highest BCUT2D eigenvalue weighted by atomic mass is 35.5. The normalized spacial score (nSPS) is 19.5. The molecule has 1 aromatic carbocycles. The molecular formula is C18H29ClN2O4. The molecule has 1 saturated carbocycles. The summed E-state index contributed by atoms with van der Waals surface area (Å²) < 4.78 is 16.1. The zero-order chi connectivity index (χ0) is 17.4. The van der Waals surface area contributed by atoms with E-state index in [1.165, 1.54) is 0 Å². The van der Waals surface area contributed by atoms with E-state index >= 15 is 0 Å². The van der Waals surface area contributed by atoms with Gasteiger partial charge in [0.05, 0.1) is 20.8 Å². The van der Waals surface area contributed by atoms with Crippen LogP contribution in [0.25, 0.3) is 0 Å². The van der Waals surface area contributed by atoms with Crippen LogP contribution in [0.1, 0.15) is 32.1 Å². The molecule has 1 aromatic rings. The van der Waals surface area contributed by atoms with Crippen molar-refractivity contribution in [3.8, 4) is 17.2 Å². The monoisotopic (exact) mass is 372 g/mol. The van der Waals surface area contributed by atoms with Crippen LogP contribution in [0.5, 0.6) is 17.2 Å². The fraction of sp³-hybridized carbons (Fsp3) is 0.611. The third-order valence-electron chi connectivity index (χ3n) is 4.30. The Bertz CT molecular complexity index is 520. The van der Waals surface area contributed by atoms with Gasteiger partial charge in [-0.25, -0.2) is 0 Å². The predicted molar refractivity (Wildman–Crippen MR) is 99.8 cm³/mol. The number of benzene rings is 1. The Morgan fingerprint density at radius 2 is 1.80 bits per heavy atom. The minimum Gasteiger partial charge on any atom is -0.496 e. The quantitative estimate of drug-likeness (QED) is 0.685. The Labute approximate surface area is 155 Å². The summed E-state index contributed by atoms with van der Waals surface area (Å²) in [6.45, 7) is 1.12. The molecule has 0 spiro atoms. The van der Waals surface area contributed by atoms with E-state index in [9.17, 15) is 4.79 Å². The molecule has 3 N–H and O–H groups in total. The van der Waals surface area contributed by atoms with Crippen molar-refractivity contribution in [1.29, 1.82) is 0 Å². The van der Waals surface area contributed by atoms with Gasteiger partial charge in [0.25, 0.3) is 0 Å². The molecule has 0 radical (unpaired) electrons. The van der Waals surface area contributed by atoms with Crippen molar-refractivity contribution in [2.24, 2.45) is 11.7 Å². The Kier molecular flexibility index (Phi) is 9.45. The van der Waals surface area contributed by atoms with Crippen LogP contribution in [-0.2, 0) is 4.79 Å². The van der Waals surface area contributed by atoms with Gasteiger partial charge in [-0.05, 0) is 25.7 Å². The van der Waals surface area contributed by atoms with Gasteiger partial charge in [0.15, 0.2) is 0 Å². The zero-order valence-electron chi connectivity index (χ0n) is 15.0. The van der Waals surface area contributed by atoms with E-state index in [0.717, 1.165) is 32.1 Å².